The molecule has 1 amide bonds. The van der Waals surface area contributed by atoms with Crippen LogP contribution < -0.4 is 10.6 Å². The quantitative estimate of drug-likeness (QED) is 0.767. The van der Waals surface area contributed by atoms with Gasteiger partial charge in [-0.25, -0.2) is 4.98 Å². The smallest absolute Gasteiger partial charge is 0.251 e. The van der Waals surface area contributed by atoms with E-state index < -0.39 is 0 Å². The fraction of sp³-hybridized carbons (Fsp3) is 0.286. The molecule has 1 aromatic carbocycles. The van der Waals surface area contributed by atoms with E-state index >= 15 is 0 Å². The number of carbonyl (C=O) groups is 1. The Bertz CT molecular complexity index is 577. The SMILES string of the molecule is O=C(NCc1cnc[nH]1)c1ccc2c(c1)CNCC2. The lowest BCUT2D eigenvalue weighted by Gasteiger charge is -2.17. The monoisotopic (exact) mass is 256 g/mol. The van der Waals surface area contributed by atoms with Gasteiger partial charge in [-0.1, -0.05) is 6.07 Å². The van der Waals surface area contributed by atoms with Crippen molar-refractivity contribution >= 4 is 5.91 Å². The third-order valence-corrected chi connectivity index (χ3v) is 3.35. The van der Waals surface area contributed by atoms with Gasteiger partial charge in [-0.3, -0.25) is 4.79 Å². The summed E-state index contributed by atoms with van der Waals surface area (Å²) in [5.74, 6) is -0.0528. The Balaban J connectivity index is 1.69. The van der Waals surface area contributed by atoms with Crippen LogP contribution >= 0.6 is 0 Å². The summed E-state index contributed by atoms with van der Waals surface area (Å²) in [6.45, 7) is 2.32. The first kappa shape index (κ1) is 11.9. The van der Waals surface area contributed by atoms with Gasteiger partial charge in [0.05, 0.1) is 18.6 Å². The molecule has 1 aromatic heterocycles. The van der Waals surface area contributed by atoms with Crippen molar-refractivity contribution in [3.8, 4) is 0 Å². The van der Waals surface area contributed by atoms with Gasteiger partial charge in [-0.15, -0.1) is 0 Å². The molecule has 2 heterocycles. The second kappa shape index (κ2) is 5.24. The van der Waals surface area contributed by atoms with Gasteiger partial charge < -0.3 is 15.6 Å². The molecule has 1 aliphatic rings. The molecule has 0 atom stereocenters. The highest BCUT2D eigenvalue weighted by Gasteiger charge is 2.12. The summed E-state index contributed by atoms with van der Waals surface area (Å²) in [7, 11) is 0. The molecule has 3 N–H and O–H groups in total. The summed E-state index contributed by atoms with van der Waals surface area (Å²) in [6, 6.07) is 5.93. The van der Waals surface area contributed by atoms with E-state index in [4.69, 9.17) is 0 Å². The van der Waals surface area contributed by atoms with Crippen LogP contribution in [-0.4, -0.2) is 22.4 Å². The summed E-state index contributed by atoms with van der Waals surface area (Å²) in [6.07, 6.45) is 4.34. The highest BCUT2D eigenvalue weighted by Crippen LogP contribution is 2.15. The number of hydrogen-bond donors (Lipinski definition) is 3. The zero-order chi connectivity index (χ0) is 13.1. The number of nitrogens with one attached hydrogen (secondary N) is 3. The van der Waals surface area contributed by atoms with Crippen LogP contribution in [0.4, 0.5) is 0 Å². The van der Waals surface area contributed by atoms with Crippen molar-refractivity contribution in [2.75, 3.05) is 6.54 Å². The summed E-state index contributed by atoms with van der Waals surface area (Å²) >= 11 is 0. The number of carbonyl (C=O) groups excluding carboxylic acids is 1. The van der Waals surface area contributed by atoms with Gasteiger partial charge in [0.25, 0.3) is 5.91 Å². The van der Waals surface area contributed by atoms with Crippen molar-refractivity contribution < 1.29 is 4.79 Å². The lowest BCUT2D eigenvalue weighted by Crippen LogP contribution is -2.26. The zero-order valence-electron chi connectivity index (χ0n) is 10.6. The Kier molecular flexibility index (Phi) is 3.29. The van der Waals surface area contributed by atoms with Gasteiger partial charge >= 0.3 is 0 Å². The van der Waals surface area contributed by atoms with Crippen molar-refractivity contribution in [3.63, 3.8) is 0 Å². The van der Waals surface area contributed by atoms with E-state index in [1.165, 1.54) is 11.1 Å². The molecule has 0 radical (unpaired) electrons. The van der Waals surface area contributed by atoms with Crippen LogP contribution in [0.1, 0.15) is 27.2 Å². The zero-order valence-corrected chi connectivity index (χ0v) is 10.6. The van der Waals surface area contributed by atoms with Crippen molar-refractivity contribution in [3.05, 3.63) is 53.1 Å². The predicted octanol–water partition coefficient (Wildman–Crippen LogP) is 0.985. The van der Waals surface area contributed by atoms with E-state index in [9.17, 15) is 4.79 Å². The maximum Gasteiger partial charge on any atom is 0.251 e. The number of fused-ring (bicyclic) bond motifs is 1. The van der Waals surface area contributed by atoms with Gasteiger partial charge in [0.1, 0.15) is 0 Å². The van der Waals surface area contributed by atoms with Crippen LogP contribution in [0.15, 0.2) is 30.7 Å². The minimum atomic E-state index is -0.0528. The number of benzene rings is 1. The van der Waals surface area contributed by atoms with Crippen LogP contribution in [0.25, 0.3) is 0 Å². The van der Waals surface area contributed by atoms with E-state index in [-0.39, 0.29) is 5.91 Å². The molecule has 0 saturated heterocycles. The topological polar surface area (TPSA) is 69.8 Å². The molecule has 5 heteroatoms. The van der Waals surface area contributed by atoms with Crippen molar-refractivity contribution in [1.29, 1.82) is 0 Å². The molecular formula is C14H16N4O. The summed E-state index contributed by atoms with van der Waals surface area (Å²) in [5.41, 5.74) is 4.17. The molecule has 1 aliphatic heterocycles. The summed E-state index contributed by atoms with van der Waals surface area (Å²) in [4.78, 5) is 18.9. The second-order valence-corrected chi connectivity index (χ2v) is 4.67. The molecule has 0 aliphatic carbocycles. The van der Waals surface area contributed by atoms with Crippen LogP contribution in [0, 0.1) is 0 Å². The average molecular weight is 256 g/mol. The molecule has 0 fully saturated rings. The lowest BCUT2D eigenvalue weighted by atomic mass is 9.98. The van der Waals surface area contributed by atoms with Crippen molar-refractivity contribution in [2.24, 2.45) is 0 Å². The molecule has 0 saturated carbocycles. The van der Waals surface area contributed by atoms with Crippen LogP contribution in [0.2, 0.25) is 0 Å². The molecule has 19 heavy (non-hydrogen) atoms. The van der Waals surface area contributed by atoms with Gasteiger partial charge in [0, 0.05) is 18.3 Å². The number of imidazole rings is 1. The fourth-order valence-electron chi connectivity index (χ4n) is 2.28. The van der Waals surface area contributed by atoms with Gasteiger partial charge in [0.2, 0.25) is 0 Å². The normalized spacial score (nSPS) is 13.9. The first-order chi connectivity index (χ1) is 9.33. The van der Waals surface area contributed by atoms with Gasteiger partial charge in [0.15, 0.2) is 0 Å². The van der Waals surface area contributed by atoms with Gasteiger partial charge in [-0.2, -0.15) is 0 Å². The molecule has 0 unspecified atom stereocenters. The third kappa shape index (κ3) is 2.66. The Hall–Kier alpha value is -2.14. The lowest BCUT2D eigenvalue weighted by molar-refractivity contribution is 0.0950. The van der Waals surface area contributed by atoms with E-state index in [0.29, 0.717) is 12.1 Å². The minimum Gasteiger partial charge on any atom is -0.347 e. The van der Waals surface area contributed by atoms with Crippen LogP contribution in [0.5, 0.6) is 0 Å². The number of aromatic nitrogens is 2. The Morgan fingerprint density at radius 2 is 2.32 bits per heavy atom. The highest BCUT2D eigenvalue weighted by molar-refractivity contribution is 5.94. The summed E-state index contributed by atoms with van der Waals surface area (Å²) < 4.78 is 0. The predicted molar refractivity (Wildman–Crippen MR) is 71.6 cm³/mol. The second-order valence-electron chi connectivity index (χ2n) is 4.67. The van der Waals surface area contributed by atoms with Crippen molar-refractivity contribution in [1.82, 2.24) is 20.6 Å². The number of H-pyrrole nitrogens is 1. The largest absolute Gasteiger partial charge is 0.347 e. The first-order valence-electron chi connectivity index (χ1n) is 6.41. The maximum absolute atomic E-state index is 12.1. The van der Waals surface area contributed by atoms with E-state index in [2.05, 4.69) is 26.7 Å². The van der Waals surface area contributed by atoms with Crippen molar-refractivity contribution in [2.45, 2.75) is 19.5 Å². The molecule has 0 spiro atoms. The van der Waals surface area contributed by atoms with E-state index in [1.807, 2.05) is 12.1 Å². The summed E-state index contributed by atoms with van der Waals surface area (Å²) in [5, 5.41) is 6.19. The minimum absolute atomic E-state index is 0.0528. The number of amides is 1. The standard InChI is InChI=1S/C14H16N4O/c19-14(17-8-13-7-16-9-18-13)11-2-1-10-3-4-15-6-12(10)5-11/h1-2,5,7,9,15H,3-4,6,8H2,(H,16,18)(H,17,19). The maximum atomic E-state index is 12.1. The number of hydrogen-bond acceptors (Lipinski definition) is 3. The molecule has 0 bridgehead atoms. The van der Waals surface area contributed by atoms with E-state index in [0.717, 1.165) is 25.2 Å². The molecular weight excluding hydrogens is 240 g/mol. The number of aromatic amines is 1. The molecule has 2 aromatic rings. The Morgan fingerprint density at radius 1 is 1.37 bits per heavy atom. The van der Waals surface area contributed by atoms with Gasteiger partial charge in [-0.05, 0) is 36.2 Å². The number of nitrogens with zero attached hydrogens (tertiary/aromatic N) is 1. The van der Waals surface area contributed by atoms with Crippen LogP contribution in [-0.2, 0) is 19.5 Å². The average Bonchev–Trinajstić information content (AvgIpc) is 2.97. The third-order valence-electron chi connectivity index (χ3n) is 3.35. The first-order valence-corrected chi connectivity index (χ1v) is 6.41. The molecule has 98 valence electrons. The molecule has 3 rings (SSSR count). The fourth-order valence-corrected chi connectivity index (χ4v) is 2.28. The Morgan fingerprint density at radius 3 is 3.16 bits per heavy atom. The van der Waals surface area contributed by atoms with Crippen LogP contribution in [0.3, 0.4) is 0 Å². The number of rotatable bonds is 3. The Labute approximate surface area is 111 Å². The highest BCUT2D eigenvalue weighted by atomic mass is 16.1. The van der Waals surface area contributed by atoms with E-state index in [1.54, 1.807) is 12.5 Å². The molecule has 5 nitrogen and oxygen atoms in total.